The van der Waals surface area contributed by atoms with Crippen LogP contribution < -0.4 is 9.46 Å². The third kappa shape index (κ3) is 4.46. The molecule has 1 N–H and O–H groups in total. The van der Waals surface area contributed by atoms with Gasteiger partial charge in [-0.3, -0.25) is 4.72 Å². The zero-order chi connectivity index (χ0) is 15.5. The standard InChI is InChI=1S/C15H18N2O3S/c1-15(2,3)20-14-10-9-12(11-16-14)17-21(18,19)13-7-5-4-6-8-13/h4-11,17H,1-3H3. The molecular weight excluding hydrogens is 288 g/mol. The number of sulfonamides is 1. The molecule has 0 aliphatic carbocycles. The van der Waals surface area contributed by atoms with E-state index in [1.54, 1.807) is 30.3 Å². The number of benzene rings is 1. The largest absolute Gasteiger partial charge is 0.472 e. The summed E-state index contributed by atoms with van der Waals surface area (Å²) in [5.74, 6) is 0.449. The Labute approximate surface area is 125 Å². The van der Waals surface area contributed by atoms with Gasteiger partial charge >= 0.3 is 0 Å². The Kier molecular flexibility index (Phi) is 4.18. The van der Waals surface area contributed by atoms with Crippen LogP contribution in [-0.4, -0.2) is 19.0 Å². The average Bonchev–Trinajstić information content (AvgIpc) is 2.40. The second kappa shape index (κ2) is 5.73. The monoisotopic (exact) mass is 306 g/mol. The van der Waals surface area contributed by atoms with Crippen LogP contribution in [0.1, 0.15) is 20.8 Å². The fourth-order valence-electron chi connectivity index (χ4n) is 1.63. The number of hydrogen-bond acceptors (Lipinski definition) is 4. The highest BCUT2D eigenvalue weighted by Gasteiger charge is 2.15. The van der Waals surface area contributed by atoms with Crippen LogP contribution in [0.3, 0.4) is 0 Å². The normalized spacial score (nSPS) is 12.0. The lowest BCUT2D eigenvalue weighted by molar-refractivity contribution is 0.124. The summed E-state index contributed by atoms with van der Waals surface area (Å²) in [6.45, 7) is 5.75. The van der Waals surface area contributed by atoms with Gasteiger partial charge in [-0.25, -0.2) is 13.4 Å². The van der Waals surface area contributed by atoms with Crippen LogP contribution in [-0.2, 0) is 10.0 Å². The molecule has 1 aromatic carbocycles. The molecule has 0 spiro atoms. The van der Waals surface area contributed by atoms with Crippen molar-refractivity contribution in [1.29, 1.82) is 0 Å². The Hall–Kier alpha value is -2.08. The van der Waals surface area contributed by atoms with Crippen LogP contribution in [0.4, 0.5) is 5.69 Å². The molecule has 21 heavy (non-hydrogen) atoms. The van der Waals surface area contributed by atoms with Crippen molar-refractivity contribution in [3.8, 4) is 5.88 Å². The summed E-state index contributed by atoms with van der Waals surface area (Å²) in [5, 5.41) is 0. The Bertz CT molecular complexity index is 690. The molecule has 6 heteroatoms. The molecule has 1 aromatic heterocycles. The molecule has 1 heterocycles. The third-order valence-corrected chi connectivity index (χ3v) is 3.85. The van der Waals surface area contributed by atoms with Crippen LogP contribution in [0.25, 0.3) is 0 Å². The second-order valence-electron chi connectivity index (χ2n) is 5.52. The topological polar surface area (TPSA) is 68.3 Å². The molecule has 0 saturated heterocycles. The Balaban J connectivity index is 2.14. The summed E-state index contributed by atoms with van der Waals surface area (Å²) in [5.41, 5.74) is 0.0398. The summed E-state index contributed by atoms with van der Waals surface area (Å²) < 4.78 is 32.4. The van der Waals surface area contributed by atoms with E-state index in [0.29, 0.717) is 11.6 Å². The summed E-state index contributed by atoms with van der Waals surface area (Å²) in [4.78, 5) is 4.30. The molecule has 0 aliphatic heterocycles. The number of rotatable bonds is 4. The van der Waals surface area contributed by atoms with Crippen LogP contribution in [0, 0.1) is 0 Å². The first-order valence-corrected chi connectivity index (χ1v) is 7.97. The van der Waals surface area contributed by atoms with Crippen molar-refractivity contribution in [2.24, 2.45) is 0 Å². The van der Waals surface area contributed by atoms with Gasteiger partial charge in [-0.2, -0.15) is 0 Å². The zero-order valence-electron chi connectivity index (χ0n) is 12.2. The number of anilines is 1. The summed E-state index contributed by atoms with van der Waals surface area (Å²) in [6.07, 6.45) is 1.43. The molecule has 112 valence electrons. The second-order valence-corrected chi connectivity index (χ2v) is 7.20. The van der Waals surface area contributed by atoms with Crippen LogP contribution in [0.2, 0.25) is 0 Å². The minimum Gasteiger partial charge on any atom is -0.472 e. The Morgan fingerprint density at radius 2 is 1.71 bits per heavy atom. The zero-order valence-corrected chi connectivity index (χ0v) is 13.0. The van der Waals surface area contributed by atoms with Crippen molar-refractivity contribution in [1.82, 2.24) is 4.98 Å². The van der Waals surface area contributed by atoms with Crippen LogP contribution in [0.5, 0.6) is 5.88 Å². The highest BCUT2D eigenvalue weighted by molar-refractivity contribution is 7.92. The fraction of sp³-hybridized carbons (Fsp3) is 0.267. The molecule has 2 rings (SSSR count). The van der Waals surface area contributed by atoms with E-state index in [1.807, 2.05) is 20.8 Å². The third-order valence-electron chi connectivity index (χ3n) is 2.45. The average molecular weight is 306 g/mol. The number of nitrogens with zero attached hydrogens (tertiary/aromatic N) is 1. The Morgan fingerprint density at radius 1 is 1.05 bits per heavy atom. The first-order chi connectivity index (χ1) is 9.76. The van der Waals surface area contributed by atoms with Gasteiger partial charge in [0.15, 0.2) is 0 Å². The molecule has 0 saturated carbocycles. The molecule has 0 radical (unpaired) electrons. The molecule has 0 atom stereocenters. The van der Waals surface area contributed by atoms with E-state index in [4.69, 9.17) is 4.74 Å². The summed E-state index contributed by atoms with van der Waals surface area (Å²) >= 11 is 0. The van der Waals surface area contributed by atoms with Gasteiger partial charge in [0.1, 0.15) is 5.60 Å². The molecule has 5 nitrogen and oxygen atoms in total. The van der Waals surface area contributed by atoms with E-state index in [2.05, 4.69) is 9.71 Å². The van der Waals surface area contributed by atoms with Gasteiger partial charge in [-0.15, -0.1) is 0 Å². The van der Waals surface area contributed by atoms with E-state index in [9.17, 15) is 8.42 Å². The summed E-state index contributed by atoms with van der Waals surface area (Å²) in [6, 6.07) is 11.4. The van der Waals surface area contributed by atoms with Crippen LogP contribution >= 0.6 is 0 Å². The van der Waals surface area contributed by atoms with Gasteiger partial charge in [-0.05, 0) is 39.0 Å². The molecular formula is C15H18N2O3S. The smallest absolute Gasteiger partial charge is 0.261 e. The van der Waals surface area contributed by atoms with Gasteiger partial charge in [0, 0.05) is 6.07 Å². The maximum atomic E-state index is 12.1. The van der Waals surface area contributed by atoms with E-state index in [1.165, 1.54) is 18.3 Å². The molecule has 0 aliphatic rings. The lowest BCUT2D eigenvalue weighted by Crippen LogP contribution is -2.23. The number of nitrogens with one attached hydrogen (secondary N) is 1. The van der Waals surface area contributed by atoms with E-state index < -0.39 is 10.0 Å². The lowest BCUT2D eigenvalue weighted by Gasteiger charge is -2.20. The quantitative estimate of drug-likeness (QED) is 0.942. The number of hydrogen-bond donors (Lipinski definition) is 1. The van der Waals surface area contributed by atoms with E-state index in [-0.39, 0.29) is 10.5 Å². The number of aromatic nitrogens is 1. The van der Waals surface area contributed by atoms with Crippen LogP contribution in [0.15, 0.2) is 53.6 Å². The highest BCUT2D eigenvalue weighted by atomic mass is 32.2. The summed E-state index contributed by atoms with van der Waals surface area (Å²) in [7, 11) is -3.59. The maximum Gasteiger partial charge on any atom is 0.261 e. The minimum absolute atomic E-state index is 0.208. The van der Waals surface area contributed by atoms with Gasteiger partial charge in [0.05, 0.1) is 16.8 Å². The molecule has 0 bridgehead atoms. The van der Waals surface area contributed by atoms with Crippen molar-refractivity contribution in [3.05, 3.63) is 48.7 Å². The van der Waals surface area contributed by atoms with Gasteiger partial charge < -0.3 is 4.74 Å². The van der Waals surface area contributed by atoms with Gasteiger partial charge in [-0.1, -0.05) is 18.2 Å². The van der Waals surface area contributed by atoms with Crippen molar-refractivity contribution >= 4 is 15.7 Å². The first-order valence-electron chi connectivity index (χ1n) is 6.49. The predicted molar refractivity (Wildman–Crippen MR) is 81.9 cm³/mol. The van der Waals surface area contributed by atoms with E-state index >= 15 is 0 Å². The fourth-order valence-corrected chi connectivity index (χ4v) is 2.69. The predicted octanol–water partition coefficient (Wildman–Crippen LogP) is 3.06. The van der Waals surface area contributed by atoms with Crippen molar-refractivity contribution in [2.45, 2.75) is 31.3 Å². The molecule has 0 amide bonds. The minimum atomic E-state index is -3.59. The SMILES string of the molecule is CC(C)(C)Oc1ccc(NS(=O)(=O)c2ccccc2)cn1. The number of ether oxygens (including phenoxy) is 1. The maximum absolute atomic E-state index is 12.1. The first kappa shape index (κ1) is 15.3. The van der Waals surface area contributed by atoms with Crippen molar-refractivity contribution in [2.75, 3.05) is 4.72 Å². The molecule has 0 unspecified atom stereocenters. The van der Waals surface area contributed by atoms with Crippen molar-refractivity contribution in [3.63, 3.8) is 0 Å². The highest BCUT2D eigenvalue weighted by Crippen LogP contribution is 2.19. The van der Waals surface area contributed by atoms with Gasteiger partial charge in [0.2, 0.25) is 5.88 Å². The Morgan fingerprint density at radius 3 is 2.24 bits per heavy atom. The number of pyridine rings is 1. The molecule has 0 fully saturated rings. The van der Waals surface area contributed by atoms with Crippen molar-refractivity contribution < 1.29 is 13.2 Å². The van der Waals surface area contributed by atoms with E-state index in [0.717, 1.165) is 0 Å². The van der Waals surface area contributed by atoms with Gasteiger partial charge in [0.25, 0.3) is 10.0 Å². The lowest BCUT2D eigenvalue weighted by atomic mass is 10.2. The molecule has 2 aromatic rings.